The molecule has 144 valence electrons. The third-order valence-electron chi connectivity index (χ3n) is 5.40. The summed E-state index contributed by atoms with van der Waals surface area (Å²) >= 11 is 14.0. The highest BCUT2D eigenvalue weighted by atomic mass is 35.5. The zero-order valence-corrected chi connectivity index (χ0v) is 17.5. The molecule has 1 aliphatic carbocycles. The molecule has 1 amide bonds. The Morgan fingerprint density at radius 1 is 1.18 bits per heavy atom. The minimum atomic E-state index is -0.405. The summed E-state index contributed by atoms with van der Waals surface area (Å²) in [7, 11) is 0. The second-order valence-electron chi connectivity index (χ2n) is 7.43. The van der Waals surface area contributed by atoms with Crippen molar-refractivity contribution in [1.82, 2.24) is 5.32 Å². The van der Waals surface area contributed by atoms with Crippen LogP contribution in [0.25, 0.3) is 11.3 Å². The Labute approximate surface area is 176 Å². The molecular formula is C21H18Cl2N2O2S. The summed E-state index contributed by atoms with van der Waals surface area (Å²) < 4.78 is 6.01. The SMILES string of the molecule is C[C@@H]1CCc2c(sc3c2C(=O)N[C@H](c2ccc(-c4ccc(Cl)cc4Cl)o2)N3)C1. The fraction of sp³-hybridized carbons (Fsp3) is 0.286. The molecule has 0 bridgehead atoms. The minimum absolute atomic E-state index is 0.0340. The van der Waals surface area contributed by atoms with E-state index in [-0.39, 0.29) is 5.91 Å². The van der Waals surface area contributed by atoms with Crippen molar-refractivity contribution in [3.8, 4) is 11.3 Å². The van der Waals surface area contributed by atoms with Crippen molar-refractivity contribution in [2.45, 2.75) is 32.4 Å². The predicted molar refractivity (Wildman–Crippen MR) is 114 cm³/mol. The molecule has 7 heteroatoms. The van der Waals surface area contributed by atoms with Crippen molar-refractivity contribution in [1.29, 1.82) is 0 Å². The number of thiophene rings is 1. The van der Waals surface area contributed by atoms with Gasteiger partial charge in [0.1, 0.15) is 16.5 Å². The number of fused-ring (bicyclic) bond motifs is 3. The fourth-order valence-electron chi connectivity index (χ4n) is 3.95. The first-order valence-electron chi connectivity index (χ1n) is 9.26. The molecule has 4 nitrogen and oxygen atoms in total. The van der Waals surface area contributed by atoms with Crippen LogP contribution in [0.3, 0.4) is 0 Å². The van der Waals surface area contributed by atoms with Gasteiger partial charge in [0.25, 0.3) is 5.91 Å². The van der Waals surface area contributed by atoms with Crippen LogP contribution in [0, 0.1) is 5.92 Å². The maximum atomic E-state index is 12.8. The van der Waals surface area contributed by atoms with Crippen LogP contribution in [-0.4, -0.2) is 5.91 Å². The third-order valence-corrected chi connectivity index (χ3v) is 7.13. The first-order valence-corrected chi connectivity index (χ1v) is 10.8. The minimum Gasteiger partial charge on any atom is -0.457 e. The Balaban J connectivity index is 1.45. The van der Waals surface area contributed by atoms with Crippen LogP contribution in [0.1, 0.15) is 46.1 Å². The van der Waals surface area contributed by atoms with Crippen LogP contribution in [0.15, 0.2) is 34.7 Å². The Morgan fingerprint density at radius 3 is 2.86 bits per heavy atom. The van der Waals surface area contributed by atoms with Gasteiger partial charge in [0.2, 0.25) is 0 Å². The molecule has 0 radical (unpaired) electrons. The van der Waals surface area contributed by atoms with E-state index in [0.717, 1.165) is 35.4 Å². The van der Waals surface area contributed by atoms with E-state index in [4.69, 9.17) is 27.6 Å². The van der Waals surface area contributed by atoms with Gasteiger partial charge in [-0.2, -0.15) is 0 Å². The molecule has 2 aliphatic rings. The molecule has 0 saturated carbocycles. The van der Waals surface area contributed by atoms with Gasteiger partial charge in [-0.05, 0) is 61.1 Å². The van der Waals surface area contributed by atoms with E-state index in [2.05, 4.69) is 17.6 Å². The third kappa shape index (κ3) is 3.02. The molecule has 28 heavy (non-hydrogen) atoms. The van der Waals surface area contributed by atoms with Crippen molar-refractivity contribution in [3.63, 3.8) is 0 Å². The number of carbonyl (C=O) groups is 1. The Bertz CT molecular complexity index is 1090. The van der Waals surface area contributed by atoms with Gasteiger partial charge in [-0.15, -0.1) is 11.3 Å². The Morgan fingerprint density at radius 2 is 2.04 bits per heavy atom. The second kappa shape index (κ2) is 6.83. The summed E-state index contributed by atoms with van der Waals surface area (Å²) in [4.78, 5) is 14.2. The lowest BCUT2D eigenvalue weighted by molar-refractivity contribution is 0.0930. The summed E-state index contributed by atoms with van der Waals surface area (Å²) in [5.41, 5.74) is 2.80. The normalized spacial score (nSPS) is 20.9. The van der Waals surface area contributed by atoms with Crippen molar-refractivity contribution in [2.24, 2.45) is 5.92 Å². The number of nitrogens with one attached hydrogen (secondary N) is 2. The number of rotatable bonds is 2. The van der Waals surface area contributed by atoms with Gasteiger partial charge in [0.05, 0.1) is 10.6 Å². The Hall–Kier alpha value is -1.95. The van der Waals surface area contributed by atoms with Gasteiger partial charge in [-0.3, -0.25) is 4.79 Å². The van der Waals surface area contributed by atoms with Crippen LogP contribution in [-0.2, 0) is 12.8 Å². The largest absolute Gasteiger partial charge is 0.457 e. The fourth-order valence-corrected chi connectivity index (χ4v) is 5.89. The van der Waals surface area contributed by atoms with Crippen molar-refractivity contribution >= 4 is 45.4 Å². The zero-order chi connectivity index (χ0) is 19.4. The molecule has 2 N–H and O–H groups in total. The van der Waals surface area contributed by atoms with Crippen LogP contribution in [0.2, 0.25) is 10.0 Å². The smallest absolute Gasteiger partial charge is 0.256 e. The molecule has 5 rings (SSSR count). The maximum absolute atomic E-state index is 12.8. The predicted octanol–water partition coefficient (Wildman–Crippen LogP) is 6.29. The second-order valence-corrected chi connectivity index (χ2v) is 9.38. The van der Waals surface area contributed by atoms with E-state index in [9.17, 15) is 4.79 Å². The quantitative estimate of drug-likeness (QED) is 0.499. The van der Waals surface area contributed by atoms with E-state index in [1.165, 1.54) is 10.4 Å². The summed E-state index contributed by atoms with van der Waals surface area (Å²) in [5, 5.41) is 8.52. The highest BCUT2D eigenvalue weighted by Crippen LogP contribution is 2.43. The van der Waals surface area contributed by atoms with Crippen LogP contribution in [0.5, 0.6) is 0 Å². The van der Waals surface area contributed by atoms with Crippen molar-refractivity contribution in [2.75, 3.05) is 5.32 Å². The van der Waals surface area contributed by atoms with E-state index < -0.39 is 6.17 Å². The number of hydrogen-bond acceptors (Lipinski definition) is 4. The molecule has 2 aromatic heterocycles. The Kier molecular flexibility index (Phi) is 4.42. The number of carbonyl (C=O) groups excluding carboxylic acids is 1. The number of hydrogen-bond donors (Lipinski definition) is 2. The standard InChI is InChI=1S/C21H18Cl2N2O2S/c1-10-2-4-13-17(8-10)28-21-18(13)20(26)24-19(25-21)16-7-6-15(27-16)12-5-3-11(22)9-14(12)23/h3,5-7,9-10,19,25H,2,4,8H2,1H3,(H,24,26)/t10-,19+/m1/s1. The number of benzene rings is 1. The average Bonchev–Trinajstić information content (AvgIpc) is 3.25. The zero-order valence-electron chi connectivity index (χ0n) is 15.1. The first-order chi connectivity index (χ1) is 13.5. The van der Waals surface area contributed by atoms with Gasteiger partial charge in [-0.1, -0.05) is 30.1 Å². The van der Waals surface area contributed by atoms with E-state index >= 15 is 0 Å². The van der Waals surface area contributed by atoms with Gasteiger partial charge in [0.15, 0.2) is 6.17 Å². The molecule has 3 heterocycles. The van der Waals surface area contributed by atoms with Crippen molar-refractivity contribution in [3.05, 3.63) is 62.1 Å². The van der Waals surface area contributed by atoms with Crippen LogP contribution in [0.4, 0.5) is 5.00 Å². The number of amides is 1. The summed E-state index contributed by atoms with van der Waals surface area (Å²) in [6.45, 7) is 2.27. The molecule has 0 fully saturated rings. The van der Waals surface area contributed by atoms with Gasteiger partial charge < -0.3 is 15.1 Å². The van der Waals surface area contributed by atoms with Gasteiger partial charge in [0, 0.05) is 15.5 Å². The topological polar surface area (TPSA) is 54.3 Å². The number of halogens is 2. The van der Waals surface area contributed by atoms with E-state index in [1.807, 2.05) is 18.2 Å². The highest BCUT2D eigenvalue weighted by molar-refractivity contribution is 7.16. The lowest BCUT2D eigenvalue weighted by Gasteiger charge is -2.25. The number of furan rings is 1. The first kappa shape index (κ1) is 18.1. The van der Waals surface area contributed by atoms with Crippen LogP contribution < -0.4 is 10.6 Å². The monoisotopic (exact) mass is 432 g/mol. The molecule has 1 aliphatic heterocycles. The maximum Gasteiger partial charge on any atom is 0.256 e. The molecule has 1 aromatic carbocycles. The molecule has 0 spiro atoms. The van der Waals surface area contributed by atoms with Gasteiger partial charge in [-0.25, -0.2) is 0 Å². The lowest BCUT2D eigenvalue weighted by Crippen LogP contribution is -2.38. The van der Waals surface area contributed by atoms with Crippen LogP contribution >= 0.6 is 34.5 Å². The molecule has 0 saturated heterocycles. The average molecular weight is 433 g/mol. The summed E-state index contributed by atoms with van der Waals surface area (Å²) in [6, 6.07) is 9.00. The molecule has 2 atom stereocenters. The lowest BCUT2D eigenvalue weighted by atomic mass is 9.88. The van der Waals surface area contributed by atoms with Crippen molar-refractivity contribution < 1.29 is 9.21 Å². The van der Waals surface area contributed by atoms with E-state index in [0.29, 0.717) is 27.5 Å². The van der Waals surface area contributed by atoms with Gasteiger partial charge >= 0.3 is 0 Å². The van der Waals surface area contributed by atoms with E-state index in [1.54, 1.807) is 23.5 Å². The summed E-state index contributed by atoms with van der Waals surface area (Å²) in [6.07, 6.45) is 2.75. The summed E-state index contributed by atoms with van der Waals surface area (Å²) in [5.74, 6) is 1.91. The molecule has 3 aromatic rings. The highest BCUT2D eigenvalue weighted by Gasteiger charge is 2.34. The number of anilines is 1. The molecule has 0 unspecified atom stereocenters. The molecular weight excluding hydrogens is 415 g/mol.